The second-order valence-electron chi connectivity index (χ2n) is 6.68. The maximum absolute atomic E-state index is 12.9. The number of hydrogen-bond acceptors (Lipinski definition) is 7. The van der Waals surface area contributed by atoms with Gasteiger partial charge in [0.05, 0.1) is 30.5 Å². The fourth-order valence-corrected chi connectivity index (χ4v) is 2.81. The summed E-state index contributed by atoms with van der Waals surface area (Å²) in [7, 11) is 1.25. The van der Waals surface area contributed by atoms with Crippen molar-refractivity contribution in [1.29, 1.82) is 0 Å². The second kappa shape index (κ2) is 10.3. The van der Waals surface area contributed by atoms with Gasteiger partial charge in [-0.05, 0) is 43.2 Å². The van der Waals surface area contributed by atoms with Crippen LogP contribution in [0.1, 0.15) is 40.9 Å². The first-order valence-electron chi connectivity index (χ1n) is 9.56. The van der Waals surface area contributed by atoms with Crippen molar-refractivity contribution in [2.24, 2.45) is 5.16 Å². The molecule has 1 aromatic heterocycles. The molecule has 1 aliphatic heterocycles. The van der Waals surface area contributed by atoms with Gasteiger partial charge in [0.25, 0.3) is 0 Å². The van der Waals surface area contributed by atoms with Crippen molar-refractivity contribution in [3.05, 3.63) is 59.4 Å². The molecule has 2 aromatic rings. The Morgan fingerprint density at radius 2 is 2.10 bits per heavy atom. The number of halogens is 3. The van der Waals surface area contributed by atoms with Crippen molar-refractivity contribution in [3.8, 4) is 5.75 Å². The van der Waals surface area contributed by atoms with Crippen LogP contribution in [0, 0.1) is 0 Å². The van der Waals surface area contributed by atoms with E-state index in [4.69, 9.17) is 19.0 Å². The molecular formula is C21H21F3N2O5. The summed E-state index contributed by atoms with van der Waals surface area (Å²) in [6.07, 6.45) is -1.14. The van der Waals surface area contributed by atoms with E-state index in [1.165, 1.54) is 37.6 Å². The molecule has 10 heteroatoms. The van der Waals surface area contributed by atoms with Crippen LogP contribution in [0.2, 0.25) is 0 Å². The maximum Gasteiger partial charge on any atom is 0.416 e. The predicted octanol–water partition coefficient (Wildman–Crippen LogP) is 4.21. The molecule has 7 nitrogen and oxygen atoms in total. The molecule has 0 bridgehead atoms. The van der Waals surface area contributed by atoms with Gasteiger partial charge in [-0.2, -0.15) is 13.2 Å². The molecule has 0 amide bonds. The summed E-state index contributed by atoms with van der Waals surface area (Å²) in [4.78, 5) is 21.4. The molecule has 166 valence electrons. The standard InChI is InChI=1S/C21H21F3N2O5/c1-28-20(27)14-8-9-25-17(11-14)18(26-31-19-7-2-3-10-29-19)13-30-16-6-4-5-15(12-16)21(22,23)24/h4-6,8-9,11-12,19H,2-3,7,10,13H2,1H3/b26-18+. The van der Waals surface area contributed by atoms with E-state index in [2.05, 4.69) is 10.1 Å². The van der Waals surface area contributed by atoms with Crippen LogP contribution in [0.5, 0.6) is 5.75 Å². The summed E-state index contributed by atoms with van der Waals surface area (Å²) in [5, 5.41) is 4.06. The molecule has 2 heterocycles. The van der Waals surface area contributed by atoms with Gasteiger partial charge in [0.2, 0.25) is 6.29 Å². The number of rotatable bonds is 7. The van der Waals surface area contributed by atoms with Crippen LogP contribution >= 0.6 is 0 Å². The highest BCUT2D eigenvalue weighted by Crippen LogP contribution is 2.31. The first-order valence-corrected chi connectivity index (χ1v) is 9.56. The smallest absolute Gasteiger partial charge is 0.416 e. The molecule has 0 N–H and O–H groups in total. The minimum Gasteiger partial charge on any atom is -0.487 e. The lowest BCUT2D eigenvalue weighted by Crippen LogP contribution is -2.22. The Balaban J connectivity index is 1.81. The zero-order valence-corrected chi connectivity index (χ0v) is 16.7. The van der Waals surface area contributed by atoms with E-state index in [-0.39, 0.29) is 29.3 Å². The Morgan fingerprint density at radius 1 is 1.26 bits per heavy atom. The number of alkyl halides is 3. The highest BCUT2D eigenvalue weighted by atomic mass is 19.4. The lowest BCUT2D eigenvalue weighted by Gasteiger charge is -2.20. The minimum absolute atomic E-state index is 0.000522. The predicted molar refractivity (Wildman–Crippen MR) is 104 cm³/mol. The summed E-state index contributed by atoms with van der Waals surface area (Å²) >= 11 is 0. The highest BCUT2D eigenvalue weighted by Gasteiger charge is 2.30. The van der Waals surface area contributed by atoms with Gasteiger partial charge in [-0.15, -0.1) is 0 Å². The van der Waals surface area contributed by atoms with E-state index in [0.717, 1.165) is 25.0 Å². The number of benzene rings is 1. The van der Waals surface area contributed by atoms with Gasteiger partial charge in [-0.25, -0.2) is 4.79 Å². The van der Waals surface area contributed by atoms with Gasteiger partial charge in [0.1, 0.15) is 18.1 Å². The molecule has 1 saturated heterocycles. The number of carbonyl (C=O) groups excluding carboxylic acids is 1. The average molecular weight is 438 g/mol. The number of oxime groups is 1. The SMILES string of the molecule is COC(=O)c1ccnc(/C(COc2cccc(C(F)(F)F)c2)=N/OC2CCCCO2)c1. The van der Waals surface area contributed by atoms with Crippen molar-refractivity contribution >= 4 is 11.7 Å². The van der Waals surface area contributed by atoms with Crippen molar-refractivity contribution in [1.82, 2.24) is 4.98 Å². The van der Waals surface area contributed by atoms with Gasteiger partial charge < -0.3 is 19.0 Å². The highest BCUT2D eigenvalue weighted by molar-refractivity contribution is 6.01. The molecule has 1 atom stereocenters. The van der Waals surface area contributed by atoms with Crippen LogP contribution in [0.25, 0.3) is 0 Å². The third-order valence-electron chi connectivity index (χ3n) is 4.43. The fourth-order valence-electron chi connectivity index (χ4n) is 2.81. The van der Waals surface area contributed by atoms with E-state index < -0.39 is 24.0 Å². The fraction of sp³-hybridized carbons (Fsp3) is 0.381. The summed E-state index contributed by atoms with van der Waals surface area (Å²) in [5.41, 5.74) is -0.169. The zero-order chi connectivity index (χ0) is 22.3. The van der Waals surface area contributed by atoms with Crippen LogP contribution in [-0.2, 0) is 20.5 Å². The van der Waals surface area contributed by atoms with Crippen LogP contribution in [0.4, 0.5) is 13.2 Å². The van der Waals surface area contributed by atoms with Crippen molar-refractivity contribution in [3.63, 3.8) is 0 Å². The van der Waals surface area contributed by atoms with Crippen molar-refractivity contribution < 1.29 is 37.0 Å². The molecule has 0 spiro atoms. The van der Waals surface area contributed by atoms with Crippen molar-refractivity contribution in [2.45, 2.75) is 31.7 Å². The largest absolute Gasteiger partial charge is 0.487 e. The van der Waals surface area contributed by atoms with E-state index >= 15 is 0 Å². The summed E-state index contributed by atoms with van der Waals surface area (Å²) in [6.45, 7) is 0.304. The van der Waals surface area contributed by atoms with E-state index in [1.54, 1.807) is 0 Å². The Bertz CT molecular complexity index is 927. The van der Waals surface area contributed by atoms with E-state index in [0.29, 0.717) is 13.0 Å². The lowest BCUT2D eigenvalue weighted by molar-refractivity contribution is -0.162. The quantitative estimate of drug-likeness (QED) is 0.366. The van der Waals surface area contributed by atoms with E-state index in [9.17, 15) is 18.0 Å². The molecule has 3 rings (SSSR count). The van der Waals surface area contributed by atoms with Gasteiger partial charge in [-0.1, -0.05) is 11.2 Å². The molecule has 31 heavy (non-hydrogen) atoms. The molecular weight excluding hydrogens is 417 g/mol. The third kappa shape index (κ3) is 6.42. The number of esters is 1. The molecule has 1 fully saturated rings. The number of aromatic nitrogens is 1. The molecule has 1 unspecified atom stereocenters. The molecule has 0 aliphatic carbocycles. The number of nitrogens with zero attached hydrogens (tertiary/aromatic N) is 2. The van der Waals surface area contributed by atoms with Crippen LogP contribution in [0.3, 0.4) is 0 Å². The van der Waals surface area contributed by atoms with Crippen LogP contribution < -0.4 is 4.74 Å². The number of ether oxygens (including phenoxy) is 3. The maximum atomic E-state index is 12.9. The Labute approximate surface area is 176 Å². The summed E-state index contributed by atoms with van der Waals surface area (Å²) in [6, 6.07) is 7.39. The normalized spacial score (nSPS) is 17.2. The number of hydrogen-bond donors (Lipinski definition) is 0. The average Bonchev–Trinajstić information content (AvgIpc) is 2.79. The Hall–Kier alpha value is -3.14. The van der Waals surface area contributed by atoms with Crippen LogP contribution in [0.15, 0.2) is 47.8 Å². The molecule has 1 aromatic carbocycles. The molecule has 0 radical (unpaired) electrons. The summed E-state index contributed by atoms with van der Waals surface area (Å²) < 4.78 is 54.5. The number of pyridine rings is 1. The summed E-state index contributed by atoms with van der Waals surface area (Å²) in [5.74, 6) is -0.570. The molecule has 0 saturated carbocycles. The zero-order valence-electron chi connectivity index (χ0n) is 16.7. The van der Waals surface area contributed by atoms with Gasteiger partial charge in [0.15, 0.2) is 0 Å². The number of methoxy groups -OCH3 is 1. The Morgan fingerprint density at radius 3 is 2.81 bits per heavy atom. The first-order chi connectivity index (χ1) is 14.9. The topological polar surface area (TPSA) is 79.2 Å². The lowest BCUT2D eigenvalue weighted by atomic mass is 10.2. The molecule has 1 aliphatic rings. The Kier molecular flexibility index (Phi) is 7.45. The monoisotopic (exact) mass is 438 g/mol. The van der Waals surface area contributed by atoms with Gasteiger partial charge >= 0.3 is 12.1 Å². The van der Waals surface area contributed by atoms with Gasteiger partial charge in [-0.3, -0.25) is 4.98 Å². The minimum atomic E-state index is -4.49. The third-order valence-corrected chi connectivity index (χ3v) is 4.43. The number of carbonyl (C=O) groups is 1. The van der Waals surface area contributed by atoms with Crippen LogP contribution in [-0.4, -0.2) is 43.3 Å². The van der Waals surface area contributed by atoms with E-state index in [1.807, 2.05) is 0 Å². The van der Waals surface area contributed by atoms with Gasteiger partial charge in [0, 0.05) is 12.6 Å². The van der Waals surface area contributed by atoms with Crippen molar-refractivity contribution in [2.75, 3.05) is 20.3 Å². The first kappa shape index (κ1) is 22.5. The second-order valence-corrected chi connectivity index (χ2v) is 6.68.